The van der Waals surface area contributed by atoms with Crippen LogP contribution < -0.4 is 4.90 Å². The second-order valence-corrected chi connectivity index (χ2v) is 14.4. The third-order valence-corrected chi connectivity index (χ3v) is 11.4. The molecule has 3 heteroatoms. The summed E-state index contributed by atoms with van der Waals surface area (Å²) in [6.07, 6.45) is 0. The molecular formula is C45H31NOS. The van der Waals surface area contributed by atoms with Crippen LogP contribution >= 0.6 is 11.3 Å². The van der Waals surface area contributed by atoms with Crippen molar-refractivity contribution in [1.82, 2.24) is 0 Å². The van der Waals surface area contributed by atoms with Crippen molar-refractivity contribution >= 4 is 70.5 Å². The summed E-state index contributed by atoms with van der Waals surface area (Å²) < 4.78 is 9.10. The zero-order valence-corrected chi connectivity index (χ0v) is 27.5. The first-order valence-electron chi connectivity index (χ1n) is 16.5. The van der Waals surface area contributed by atoms with Gasteiger partial charge in [0.25, 0.3) is 0 Å². The van der Waals surface area contributed by atoms with Gasteiger partial charge in [0.2, 0.25) is 0 Å². The molecule has 10 rings (SSSR count). The Morgan fingerprint density at radius 3 is 2.12 bits per heavy atom. The van der Waals surface area contributed by atoms with E-state index in [1.165, 1.54) is 53.6 Å². The fourth-order valence-corrected chi connectivity index (χ4v) is 9.19. The number of rotatable bonds is 4. The number of nitrogens with zero attached hydrogens (tertiary/aromatic N) is 1. The van der Waals surface area contributed by atoms with E-state index in [0.717, 1.165) is 39.0 Å². The van der Waals surface area contributed by atoms with E-state index in [-0.39, 0.29) is 5.41 Å². The van der Waals surface area contributed by atoms with Gasteiger partial charge in [-0.1, -0.05) is 111 Å². The third kappa shape index (κ3) is 3.92. The first-order valence-corrected chi connectivity index (χ1v) is 17.3. The second kappa shape index (κ2) is 10.2. The summed E-state index contributed by atoms with van der Waals surface area (Å²) in [6.45, 7) is 4.70. The number of anilines is 3. The number of fused-ring (bicyclic) bond motifs is 10. The van der Waals surface area contributed by atoms with E-state index in [1.54, 1.807) is 0 Å². The Kier molecular flexibility index (Phi) is 5.82. The zero-order valence-electron chi connectivity index (χ0n) is 26.7. The first-order chi connectivity index (χ1) is 23.6. The van der Waals surface area contributed by atoms with Gasteiger partial charge in [0.15, 0.2) is 0 Å². The highest BCUT2D eigenvalue weighted by molar-refractivity contribution is 7.26. The van der Waals surface area contributed by atoms with Gasteiger partial charge < -0.3 is 9.32 Å². The summed E-state index contributed by atoms with van der Waals surface area (Å²) in [5, 5.41) is 4.74. The van der Waals surface area contributed by atoms with Crippen molar-refractivity contribution in [3.05, 3.63) is 163 Å². The van der Waals surface area contributed by atoms with Crippen molar-refractivity contribution in [2.45, 2.75) is 19.3 Å². The minimum absolute atomic E-state index is 0.0816. The van der Waals surface area contributed by atoms with Crippen LogP contribution in [0.5, 0.6) is 0 Å². The standard InChI is InChI=1S/C45H31NOS/c1-45(2)38-20-9-6-17-32(38)33-24-23-31(26-39(33)45)46(29-14-4-3-5-15-29)30-16-12-13-28(25-30)36-27-37-34-18-7-10-21-40(34)47-43(37)42-35-19-8-11-22-41(35)48-44(36)42/h3-27H,1-2H3. The number of furan rings is 1. The van der Waals surface area contributed by atoms with Gasteiger partial charge in [-0.25, -0.2) is 0 Å². The lowest BCUT2D eigenvalue weighted by Gasteiger charge is -2.28. The smallest absolute Gasteiger partial charge is 0.144 e. The maximum atomic E-state index is 6.58. The van der Waals surface area contributed by atoms with Gasteiger partial charge in [-0.15, -0.1) is 11.3 Å². The lowest BCUT2D eigenvalue weighted by atomic mass is 9.82. The summed E-state index contributed by atoms with van der Waals surface area (Å²) in [7, 11) is 0. The SMILES string of the molecule is CC1(C)c2ccccc2-c2ccc(N(c3ccccc3)c3cccc(-c4cc5c6ccccc6oc5c5c4sc4ccccc45)c3)cc21. The van der Waals surface area contributed by atoms with Gasteiger partial charge in [0.1, 0.15) is 11.2 Å². The Hall–Kier alpha value is -5.64. The van der Waals surface area contributed by atoms with Crippen LogP contribution in [0.25, 0.3) is 64.4 Å². The average molecular weight is 634 g/mol. The molecule has 0 bridgehead atoms. The van der Waals surface area contributed by atoms with Crippen LogP contribution in [0.4, 0.5) is 17.1 Å². The summed E-state index contributed by atoms with van der Waals surface area (Å²) >= 11 is 1.85. The molecule has 0 N–H and O–H groups in total. The number of benzene rings is 7. The van der Waals surface area contributed by atoms with Gasteiger partial charge in [0.05, 0.1) is 0 Å². The van der Waals surface area contributed by atoms with Crippen molar-refractivity contribution in [2.24, 2.45) is 0 Å². The highest BCUT2D eigenvalue weighted by atomic mass is 32.1. The molecule has 1 aliphatic rings. The molecule has 9 aromatic rings. The second-order valence-electron chi connectivity index (χ2n) is 13.3. The monoisotopic (exact) mass is 633 g/mol. The number of para-hydroxylation sites is 2. The van der Waals surface area contributed by atoms with Crippen molar-refractivity contribution in [1.29, 1.82) is 0 Å². The van der Waals surface area contributed by atoms with Gasteiger partial charge in [-0.05, 0) is 82.4 Å². The number of hydrogen-bond acceptors (Lipinski definition) is 3. The van der Waals surface area contributed by atoms with E-state index in [0.29, 0.717) is 0 Å². The van der Waals surface area contributed by atoms with Crippen LogP contribution in [0.3, 0.4) is 0 Å². The van der Waals surface area contributed by atoms with Crippen molar-refractivity contribution in [3.63, 3.8) is 0 Å². The molecule has 48 heavy (non-hydrogen) atoms. The summed E-state index contributed by atoms with van der Waals surface area (Å²) in [5.41, 5.74) is 13.1. The molecule has 1 aliphatic carbocycles. The predicted molar refractivity (Wildman–Crippen MR) is 204 cm³/mol. The van der Waals surface area contributed by atoms with E-state index in [4.69, 9.17) is 4.42 Å². The molecule has 0 saturated heterocycles. The molecule has 0 fully saturated rings. The normalized spacial score (nSPS) is 13.4. The van der Waals surface area contributed by atoms with E-state index >= 15 is 0 Å². The fourth-order valence-electron chi connectivity index (χ4n) is 7.95. The topological polar surface area (TPSA) is 16.4 Å². The highest BCUT2D eigenvalue weighted by Crippen LogP contribution is 2.51. The average Bonchev–Trinajstić information content (AvgIpc) is 3.77. The van der Waals surface area contributed by atoms with Gasteiger partial charge in [0, 0.05) is 59.0 Å². The van der Waals surface area contributed by atoms with Crippen LogP contribution in [-0.2, 0) is 5.41 Å². The molecule has 0 radical (unpaired) electrons. The van der Waals surface area contributed by atoms with Gasteiger partial charge in [-0.2, -0.15) is 0 Å². The third-order valence-electron chi connectivity index (χ3n) is 10.2. The lowest BCUT2D eigenvalue weighted by molar-refractivity contribution is 0.660. The van der Waals surface area contributed by atoms with Crippen molar-refractivity contribution in [2.75, 3.05) is 4.90 Å². The van der Waals surface area contributed by atoms with E-state index in [1.807, 2.05) is 11.3 Å². The zero-order chi connectivity index (χ0) is 32.0. The highest BCUT2D eigenvalue weighted by Gasteiger charge is 2.35. The quantitative estimate of drug-likeness (QED) is 0.192. The molecule has 2 nitrogen and oxygen atoms in total. The minimum atomic E-state index is -0.0816. The summed E-state index contributed by atoms with van der Waals surface area (Å²) in [4.78, 5) is 2.40. The molecular weight excluding hydrogens is 603 g/mol. The maximum absolute atomic E-state index is 6.58. The summed E-state index contributed by atoms with van der Waals surface area (Å²) in [6, 6.07) is 55.1. The molecule has 7 aromatic carbocycles. The fraction of sp³-hybridized carbons (Fsp3) is 0.0667. The number of hydrogen-bond donors (Lipinski definition) is 0. The Balaban J connectivity index is 1.20. The predicted octanol–water partition coefficient (Wildman–Crippen LogP) is 13.4. The minimum Gasteiger partial charge on any atom is -0.455 e. The maximum Gasteiger partial charge on any atom is 0.144 e. The van der Waals surface area contributed by atoms with E-state index < -0.39 is 0 Å². The molecule has 0 unspecified atom stereocenters. The Labute approximate surface area is 283 Å². The van der Waals surface area contributed by atoms with Crippen LogP contribution in [-0.4, -0.2) is 0 Å². The van der Waals surface area contributed by atoms with Crippen LogP contribution in [0.1, 0.15) is 25.0 Å². The Bertz CT molecular complexity index is 2710. The Morgan fingerprint density at radius 1 is 0.521 bits per heavy atom. The number of thiophene rings is 1. The molecule has 0 amide bonds. The molecule has 0 atom stereocenters. The van der Waals surface area contributed by atoms with Crippen LogP contribution in [0.15, 0.2) is 156 Å². The van der Waals surface area contributed by atoms with Crippen LogP contribution in [0.2, 0.25) is 0 Å². The van der Waals surface area contributed by atoms with Crippen molar-refractivity contribution < 1.29 is 4.42 Å². The first kappa shape index (κ1) is 27.5. The summed E-state index contributed by atoms with van der Waals surface area (Å²) in [5.74, 6) is 0. The van der Waals surface area contributed by atoms with Crippen molar-refractivity contribution in [3.8, 4) is 22.3 Å². The molecule has 2 aromatic heterocycles. The molecule has 0 saturated carbocycles. The van der Waals surface area contributed by atoms with Gasteiger partial charge in [-0.3, -0.25) is 0 Å². The molecule has 228 valence electrons. The van der Waals surface area contributed by atoms with E-state index in [9.17, 15) is 0 Å². The molecule has 0 spiro atoms. The largest absolute Gasteiger partial charge is 0.455 e. The Morgan fingerprint density at radius 2 is 1.23 bits per heavy atom. The van der Waals surface area contributed by atoms with E-state index in [2.05, 4.69) is 170 Å². The van der Waals surface area contributed by atoms with Crippen LogP contribution in [0, 0.1) is 0 Å². The van der Waals surface area contributed by atoms with Gasteiger partial charge >= 0.3 is 0 Å². The molecule has 0 aliphatic heterocycles. The lowest BCUT2D eigenvalue weighted by Crippen LogP contribution is -2.16. The molecule has 2 heterocycles.